The van der Waals surface area contributed by atoms with Gasteiger partial charge in [0, 0.05) is 32.4 Å². The summed E-state index contributed by atoms with van der Waals surface area (Å²) in [5, 5.41) is 12.6. The van der Waals surface area contributed by atoms with Gasteiger partial charge in [-0.05, 0) is 30.3 Å². The number of imidazole rings is 2. The second-order valence-corrected chi connectivity index (χ2v) is 8.92. The smallest absolute Gasteiger partial charge is 0.221 e. The van der Waals surface area contributed by atoms with Crippen LogP contribution in [-0.4, -0.2) is 31.9 Å². The molecule has 0 aliphatic rings. The minimum absolute atomic E-state index is 0.220. The highest BCUT2D eigenvalue weighted by Gasteiger charge is 2.19. The Morgan fingerprint density at radius 1 is 0.839 bits per heavy atom. The normalized spacial score (nSPS) is 12.1. The van der Waals surface area contributed by atoms with E-state index >= 15 is 0 Å². The van der Waals surface area contributed by atoms with Crippen LogP contribution in [-0.2, 0) is 0 Å². The zero-order valence-electron chi connectivity index (χ0n) is 16.6. The van der Waals surface area contributed by atoms with Crippen molar-refractivity contribution in [1.29, 1.82) is 0 Å². The number of benzene rings is 3. The maximum atomic E-state index is 10.2. The lowest BCUT2D eigenvalue weighted by atomic mass is 9.95. The van der Waals surface area contributed by atoms with Gasteiger partial charge in [0.2, 0.25) is 5.78 Å². The number of fused-ring (bicyclic) bond motifs is 8. The number of phenols is 1. The van der Waals surface area contributed by atoms with Gasteiger partial charge in [-0.15, -0.1) is 11.3 Å². The van der Waals surface area contributed by atoms with Crippen molar-refractivity contribution in [2.45, 2.75) is 0 Å². The molecule has 0 amide bonds. The lowest BCUT2D eigenvalue weighted by Gasteiger charge is -2.05. The summed E-state index contributed by atoms with van der Waals surface area (Å²) in [5.41, 5.74) is 5.02. The first-order chi connectivity index (χ1) is 15.2. The van der Waals surface area contributed by atoms with E-state index in [0.717, 1.165) is 44.5 Å². The van der Waals surface area contributed by atoms with Crippen molar-refractivity contribution in [1.82, 2.24) is 18.9 Å². The Labute approximate surface area is 181 Å². The van der Waals surface area contributed by atoms with Gasteiger partial charge in [0.15, 0.2) is 0 Å². The summed E-state index contributed by atoms with van der Waals surface area (Å²) < 4.78 is 6.61. The van der Waals surface area contributed by atoms with Crippen molar-refractivity contribution in [3.05, 3.63) is 72.9 Å². The van der Waals surface area contributed by atoms with Gasteiger partial charge in [0.05, 0.1) is 22.1 Å². The topological polar surface area (TPSA) is 55.3 Å². The van der Waals surface area contributed by atoms with Crippen molar-refractivity contribution in [3.8, 4) is 11.6 Å². The summed E-state index contributed by atoms with van der Waals surface area (Å²) in [4.78, 5) is 9.82. The lowest BCUT2D eigenvalue weighted by molar-refractivity contribution is 0.476. The third-order valence-corrected chi connectivity index (χ3v) is 7.12. The van der Waals surface area contributed by atoms with Crippen molar-refractivity contribution >= 4 is 72.7 Å². The van der Waals surface area contributed by atoms with Crippen molar-refractivity contribution in [2.24, 2.45) is 0 Å². The number of para-hydroxylation sites is 1. The number of phenolic OH excluding ortho intramolecular Hbond substituents is 1. The first kappa shape index (κ1) is 16.9. The van der Waals surface area contributed by atoms with Gasteiger partial charge in [0.25, 0.3) is 0 Å². The second-order valence-electron chi connectivity index (χ2n) is 7.84. The summed E-state index contributed by atoms with van der Waals surface area (Å²) in [6.45, 7) is 0. The van der Waals surface area contributed by atoms with E-state index in [1.54, 1.807) is 23.5 Å². The van der Waals surface area contributed by atoms with Crippen LogP contribution in [0.15, 0.2) is 72.9 Å². The summed E-state index contributed by atoms with van der Waals surface area (Å²) in [7, 11) is 2.08. The Balaban J connectivity index is 1.64. The number of aromatic hydroxyl groups is 1. The molecule has 7 rings (SSSR count). The predicted octanol–water partition coefficient (Wildman–Crippen LogP) is 4.16. The van der Waals surface area contributed by atoms with Crippen LogP contribution in [0.1, 0.15) is 0 Å². The summed E-state index contributed by atoms with van der Waals surface area (Å²) in [5.74, 6) is 1.80. The van der Waals surface area contributed by atoms with E-state index in [1.165, 1.54) is 14.8 Å². The second kappa shape index (κ2) is 5.86. The molecule has 0 saturated carbocycles. The first-order valence-electron chi connectivity index (χ1n) is 10.1. The van der Waals surface area contributed by atoms with Crippen LogP contribution in [0, 0.1) is 0 Å². The van der Waals surface area contributed by atoms with E-state index in [4.69, 9.17) is 9.97 Å². The third kappa shape index (κ3) is 2.21. The quantitative estimate of drug-likeness (QED) is 0.408. The van der Waals surface area contributed by atoms with Gasteiger partial charge < -0.3 is 5.11 Å². The van der Waals surface area contributed by atoms with E-state index in [2.05, 4.69) is 60.8 Å². The number of thiophene rings is 1. The molecule has 0 saturated heterocycles. The average molecular weight is 418 g/mol. The molecule has 7 aromatic rings. The van der Waals surface area contributed by atoms with Gasteiger partial charge in [-0.2, -0.15) is 0 Å². The van der Waals surface area contributed by atoms with Crippen LogP contribution in [0.2, 0.25) is 0 Å². The van der Waals surface area contributed by atoms with Crippen molar-refractivity contribution in [2.75, 3.05) is 0 Å². The van der Waals surface area contributed by atoms with Crippen LogP contribution in [0.4, 0.5) is 0 Å². The molecule has 4 aromatic heterocycles. The third-order valence-electron chi connectivity index (χ3n) is 5.99. The van der Waals surface area contributed by atoms with Gasteiger partial charge in [0.1, 0.15) is 19.4 Å². The van der Waals surface area contributed by atoms with E-state index in [9.17, 15) is 5.11 Å². The molecule has 0 aliphatic heterocycles. The van der Waals surface area contributed by atoms with Gasteiger partial charge in [-0.25, -0.2) is 9.97 Å². The van der Waals surface area contributed by atoms with Crippen LogP contribution in [0.25, 0.3) is 53.8 Å². The van der Waals surface area contributed by atoms with E-state index in [1.807, 2.05) is 16.8 Å². The van der Waals surface area contributed by atoms with Crippen LogP contribution in [0.3, 0.4) is 0 Å². The highest BCUT2D eigenvalue weighted by molar-refractivity contribution is 7.25. The number of aromatic nitrogens is 4. The lowest BCUT2D eigenvalue weighted by Crippen LogP contribution is -2.03. The zero-order valence-corrected chi connectivity index (χ0v) is 17.4. The average Bonchev–Trinajstić information content (AvgIpc) is 3.42. The minimum Gasteiger partial charge on any atom is -0.508 e. The van der Waals surface area contributed by atoms with Crippen molar-refractivity contribution < 1.29 is 5.11 Å². The fraction of sp³-hybridized carbons (Fsp3) is 0. The number of rotatable bonds is 1. The van der Waals surface area contributed by atoms with E-state index in [0.29, 0.717) is 0 Å². The Morgan fingerprint density at radius 3 is 2.68 bits per heavy atom. The van der Waals surface area contributed by atoms with Gasteiger partial charge in [-0.1, -0.05) is 35.8 Å². The Hall–Kier alpha value is -3.84. The molecule has 0 radical (unpaired) electrons. The molecule has 5 nitrogen and oxygen atoms in total. The molecule has 3 aromatic carbocycles. The highest BCUT2D eigenvalue weighted by atomic mass is 32.1. The zero-order chi connectivity index (χ0) is 20.7. The maximum absolute atomic E-state index is 10.2. The Kier molecular flexibility index (Phi) is 3.20. The van der Waals surface area contributed by atoms with Crippen LogP contribution in [0.5, 0.6) is 5.75 Å². The number of hydrogen-bond donors (Lipinski definition) is 1. The molecule has 1 N–H and O–H groups in total. The van der Waals surface area contributed by atoms with Crippen LogP contribution < -0.4 is 5.46 Å². The summed E-state index contributed by atoms with van der Waals surface area (Å²) >= 11 is 1.76. The van der Waals surface area contributed by atoms with Gasteiger partial charge in [-0.3, -0.25) is 8.97 Å². The molecule has 0 fully saturated rings. The summed E-state index contributed by atoms with van der Waals surface area (Å²) in [6, 6.07) is 22.2. The molecule has 0 aliphatic carbocycles. The predicted molar refractivity (Wildman–Crippen MR) is 130 cm³/mol. The Bertz CT molecular complexity index is 1830. The number of nitrogens with zero attached hydrogens (tertiary/aromatic N) is 4. The van der Waals surface area contributed by atoms with E-state index < -0.39 is 0 Å². The summed E-state index contributed by atoms with van der Waals surface area (Å²) in [6.07, 6.45) is 1.95. The molecule has 4 heterocycles. The van der Waals surface area contributed by atoms with Crippen LogP contribution >= 0.6 is 11.3 Å². The highest BCUT2D eigenvalue weighted by Crippen LogP contribution is 2.36. The number of pyridine rings is 1. The molecule has 7 heteroatoms. The Morgan fingerprint density at radius 2 is 1.74 bits per heavy atom. The molecular weight excluding hydrogens is 403 g/mol. The SMILES string of the molecule is Bc1cccc2c1nc1n(-c3cc4sc5ccccc5c4cn3)c3cc(O)ccc3n21. The first-order valence-corrected chi connectivity index (χ1v) is 10.9. The fourth-order valence-corrected chi connectivity index (χ4v) is 5.67. The van der Waals surface area contributed by atoms with E-state index in [-0.39, 0.29) is 5.75 Å². The monoisotopic (exact) mass is 418 g/mol. The number of hydrogen-bond acceptors (Lipinski definition) is 4. The molecule has 146 valence electrons. The standard InChI is InChI=1S/C24H15BN4OS/c25-16-5-3-6-18-23(16)27-24-28(18)17-9-8-13(30)10-19(17)29(24)22-11-21-15(12-26-22)14-4-1-2-7-20(14)31-21/h1-12,30H,25H2. The fourth-order valence-electron chi connectivity index (χ4n) is 4.56. The minimum atomic E-state index is 0.220. The molecular formula is C24H15BN4OS. The molecule has 0 spiro atoms. The molecule has 0 atom stereocenters. The van der Waals surface area contributed by atoms with Gasteiger partial charge >= 0.3 is 0 Å². The molecule has 0 unspecified atom stereocenters. The maximum Gasteiger partial charge on any atom is 0.221 e. The molecule has 0 bridgehead atoms. The largest absolute Gasteiger partial charge is 0.508 e. The van der Waals surface area contributed by atoms with Crippen molar-refractivity contribution in [3.63, 3.8) is 0 Å². The molecule has 31 heavy (non-hydrogen) atoms.